The van der Waals surface area contributed by atoms with E-state index in [-0.39, 0.29) is 23.6 Å². The van der Waals surface area contributed by atoms with Crippen LogP contribution in [0.15, 0.2) is 9.59 Å². The van der Waals surface area contributed by atoms with Crippen LogP contribution in [0.25, 0.3) is 0 Å². The number of hydrogen-bond donors (Lipinski definition) is 2. The summed E-state index contributed by atoms with van der Waals surface area (Å²) in [6, 6.07) is 0. The minimum absolute atomic E-state index is 0.0607. The van der Waals surface area contributed by atoms with E-state index in [1.165, 1.54) is 7.11 Å². The van der Waals surface area contributed by atoms with Crippen molar-refractivity contribution in [1.82, 2.24) is 15.2 Å². The first-order valence-corrected chi connectivity index (χ1v) is 5.54. The summed E-state index contributed by atoms with van der Waals surface area (Å²) in [5, 5.41) is 5.88. The van der Waals surface area contributed by atoms with E-state index in [2.05, 4.69) is 15.2 Å². The molecule has 18 heavy (non-hydrogen) atoms. The number of nitrogens with one attached hydrogen (secondary N) is 2. The smallest absolute Gasteiger partial charge is 0.342 e. The third kappa shape index (κ3) is 2.13. The van der Waals surface area contributed by atoms with Crippen LogP contribution < -0.4 is 16.1 Å². The third-order valence-corrected chi connectivity index (χ3v) is 3.11. The molecule has 2 unspecified atom stereocenters. The van der Waals surface area contributed by atoms with Crippen molar-refractivity contribution in [3.63, 3.8) is 0 Å². The Balaban J connectivity index is 2.24. The number of anilines is 1. The number of ether oxygens (including phenoxy) is 1. The van der Waals surface area contributed by atoms with E-state index in [1.807, 2.05) is 6.92 Å². The van der Waals surface area contributed by atoms with E-state index in [4.69, 9.17) is 4.74 Å². The Hall–Kier alpha value is -2.12. The number of H-pyrrole nitrogens is 2. The van der Waals surface area contributed by atoms with Crippen LogP contribution in [0.1, 0.15) is 6.92 Å². The Bertz CT molecular complexity index is 563. The number of esters is 1. The van der Waals surface area contributed by atoms with Gasteiger partial charge in [0.25, 0.3) is 5.56 Å². The van der Waals surface area contributed by atoms with Crippen LogP contribution in [0, 0.1) is 11.8 Å². The highest BCUT2D eigenvalue weighted by Crippen LogP contribution is 2.25. The highest BCUT2D eigenvalue weighted by atomic mass is 16.5. The molecule has 2 atom stereocenters. The summed E-state index contributed by atoms with van der Waals surface area (Å²) in [5.41, 5.74) is -1.21. The monoisotopic (exact) mass is 254 g/mol. The minimum atomic E-state index is -0.652. The molecule has 0 saturated carbocycles. The lowest BCUT2D eigenvalue weighted by Gasteiger charge is -2.14. The predicted molar refractivity (Wildman–Crippen MR) is 62.4 cm³/mol. The van der Waals surface area contributed by atoms with Crippen LogP contribution in [-0.2, 0) is 9.53 Å². The van der Waals surface area contributed by atoms with Gasteiger partial charge in [-0.3, -0.25) is 14.6 Å². The molecule has 0 amide bonds. The summed E-state index contributed by atoms with van der Waals surface area (Å²) in [6.07, 6.45) is 0. The molecule has 1 aromatic heterocycles. The Morgan fingerprint density at radius 2 is 2.17 bits per heavy atom. The van der Waals surface area contributed by atoms with E-state index in [1.54, 1.807) is 4.90 Å². The summed E-state index contributed by atoms with van der Waals surface area (Å²) in [5.74, 6) is -0.410. The molecule has 1 aliphatic rings. The number of carbonyl (C=O) groups is 1. The first kappa shape index (κ1) is 12.3. The van der Waals surface area contributed by atoms with Crippen molar-refractivity contribution in [3.8, 4) is 0 Å². The summed E-state index contributed by atoms with van der Waals surface area (Å²) in [7, 11) is 1.34. The van der Waals surface area contributed by atoms with Crippen LogP contribution >= 0.6 is 0 Å². The second kappa shape index (κ2) is 4.63. The minimum Gasteiger partial charge on any atom is -0.469 e. The standard InChI is InChI=1S/C10H14N4O4/c1-5-3-14(4-6(5)9(16)18-2)7-8(15)11-10(17)13-12-7/h5-6H,3-4H2,1-2H3,(H2,11,13,15,17). The molecule has 1 aliphatic heterocycles. The van der Waals surface area contributed by atoms with Gasteiger partial charge in [-0.15, -0.1) is 5.10 Å². The van der Waals surface area contributed by atoms with E-state index in [0.717, 1.165) is 0 Å². The zero-order valence-corrected chi connectivity index (χ0v) is 10.1. The van der Waals surface area contributed by atoms with E-state index in [9.17, 15) is 14.4 Å². The quantitative estimate of drug-likeness (QED) is 0.635. The molecule has 1 aromatic rings. The highest BCUT2D eigenvalue weighted by Gasteiger charge is 2.37. The molecule has 0 radical (unpaired) electrons. The topological polar surface area (TPSA) is 108 Å². The number of methoxy groups -OCH3 is 1. The molecule has 0 bridgehead atoms. The van der Waals surface area contributed by atoms with Gasteiger partial charge < -0.3 is 9.64 Å². The number of carbonyl (C=O) groups excluding carboxylic acids is 1. The molecule has 8 nitrogen and oxygen atoms in total. The largest absolute Gasteiger partial charge is 0.469 e. The summed E-state index contributed by atoms with van der Waals surface area (Å²) in [6.45, 7) is 2.78. The molecular weight excluding hydrogens is 240 g/mol. The van der Waals surface area contributed by atoms with Gasteiger partial charge in [-0.1, -0.05) is 6.92 Å². The maximum absolute atomic E-state index is 11.6. The van der Waals surface area contributed by atoms with Gasteiger partial charge in [-0.05, 0) is 5.92 Å². The van der Waals surface area contributed by atoms with Gasteiger partial charge in [0, 0.05) is 13.1 Å². The van der Waals surface area contributed by atoms with E-state index < -0.39 is 11.2 Å². The number of rotatable bonds is 2. The van der Waals surface area contributed by atoms with Crippen LogP contribution in [0.5, 0.6) is 0 Å². The van der Waals surface area contributed by atoms with Crippen molar-refractivity contribution in [3.05, 3.63) is 20.8 Å². The van der Waals surface area contributed by atoms with Gasteiger partial charge in [0.1, 0.15) is 0 Å². The number of nitrogens with zero attached hydrogens (tertiary/aromatic N) is 2. The van der Waals surface area contributed by atoms with E-state index >= 15 is 0 Å². The van der Waals surface area contributed by atoms with Crippen molar-refractivity contribution >= 4 is 11.8 Å². The van der Waals surface area contributed by atoms with Gasteiger partial charge in [0.15, 0.2) is 0 Å². The normalized spacial score (nSPS) is 23.1. The van der Waals surface area contributed by atoms with Gasteiger partial charge in [-0.25, -0.2) is 9.89 Å². The van der Waals surface area contributed by atoms with Crippen molar-refractivity contribution in [2.75, 3.05) is 25.1 Å². The Labute approximate surface area is 102 Å². The molecule has 0 aliphatic carbocycles. The zero-order chi connectivity index (χ0) is 13.3. The van der Waals surface area contributed by atoms with Crippen LogP contribution in [0.4, 0.5) is 5.82 Å². The molecule has 0 spiro atoms. The van der Waals surface area contributed by atoms with Crippen LogP contribution in [-0.4, -0.2) is 41.3 Å². The molecule has 1 saturated heterocycles. The summed E-state index contributed by atoms with van der Waals surface area (Å²) in [4.78, 5) is 37.8. The highest BCUT2D eigenvalue weighted by molar-refractivity contribution is 5.74. The molecule has 2 heterocycles. The Kier molecular flexibility index (Phi) is 3.17. The molecule has 8 heteroatoms. The lowest BCUT2D eigenvalue weighted by molar-refractivity contribution is -0.145. The number of aromatic nitrogens is 3. The zero-order valence-electron chi connectivity index (χ0n) is 10.1. The Morgan fingerprint density at radius 3 is 2.78 bits per heavy atom. The molecule has 2 rings (SSSR count). The predicted octanol–water partition coefficient (Wildman–Crippen LogP) is -1.30. The van der Waals surface area contributed by atoms with Crippen molar-refractivity contribution in [2.45, 2.75) is 6.92 Å². The second-order valence-electron chi connectivity index (χ2n) is 4.34. The van der Waals surface area contributed by atoms with E-state index in [0.29, 0.717) is 13.1 Å². The fourth-order valence-corrected chi connectivity index (χ4v) is 2.15. The molecule has 1 fully saturated rings. The fourth-order valence-electron chi connectivity index (χ4n) is 2.15. The average molecular weight is 254 g/mol. The van der Waals surface area contributed by atoms with Gasteiger partial charge in [0.05, 0.1) is 13.0 Å². The molecule has 98 valence electrons. The van der Waals surface area contributed by atoms with Crippen molar-refractivity contribution in [1.29, 1.82) is 0 Å². The first-order chi connectivity index (χ1) is 8.52. The summed E-state index contributed by atoms with van der Waals surface area (Å²) >= 11 is 0. The third-order valence-electron chi connectivity index (χ3n) is 3.11. The van der Waals surface area contributed by atoms with Gasteiger partial charge in [-0.2, -0.15) is 0 Å². The number of aromatic amines is 2. The first-order valence-electron chi connectivity index (χ1n) is 5.54. The van der Waals surface area contributed by atoms with Crippen molar-refractivity contribution in [2.24, 2.45) is 11.8 Å². The number of hydrogen-bond acceptors (Lipinski definition) is 6. The lowest BCUT2D eigenvalue weighted by Crippen LogP contribution is -2.34. The van der Waals surface area contributed by atoms with Crippen LogP contribution in [0.2, 0.25) is 0 Å². The average Bonchev–Trinajstić information content (AvgIpc) is 2.70. The maximum atomic E-state index is 11.6. The maximum Gasteiger partial charge on any atom is 0.342 e. The SMILES string of the molecule is COC(=O)C1CN(c2n[nH]c(=O)[nH]c2=O)CC1C. The lowest BCUT2D eigenvalue weighted by atomic mass is 9.99. The van der Waals surface area contributed by atoms with Crippen molar-refractivity contribution < 1.29 is 9.53 Å². The van der Waals surface area contributed by atoms with Gasteiger partial charge >= 0.3 is 11.7 Å². The van der Waals surface area contributed by atoms with Crippen LogP contribution in [0.3, 0.4) is 0 Å². The molecule has 2 N–H and O–H groups in total. The Morgan fingerprint density at radius 1 is 1.44 bits per heavy atom. The molecular formula is C10H14N4O4. The molecule has 0 aromatic carbocycles. The summed E-state index contributed by atoms with van der Waals surface area (Å²) < 4.78 is 4.71. The second-order valence-corrected chi connectivity index (χ2v) is 4.34. The van der Waals surface area contributed by atoms with Gasteiger partial charge in [0.2, 0.25) is 5.82 Å². The fraction of sp³-hybridized carbons (Fsp3) is 0.600.